The number of imidazole rings is 1. The Bertz CT molecular complexity index is 1430. The van der Waals surface area contributed by atoms with Crippen LogP contribution in [0.15, 0.2) is 67.0 Å². The van der Waals surface area contributed by atoms with Crippen molar-refractivity contribution in [2.75, 3.05) is 36.8 Å². The van der Waals surface area contributed by atoms with Gasteiger partial charge >= 0.3 is 0 Å². The second-order valence-corrected chi connectivity index (χ2v) is 12.9. The molecular weight excluding hydrogens is 532 g/mol. The number of piperidine rings is 2. The molecule has 8 nitrogen and oxygen atoms in total. The van der Waals surface area contributed by atoms with E-state index in [0.717, 1.165) is 87.9 Å². The quantitative estimate of drug-likeness (QED) is 0.235. The molecule has 0 atom stereocenters. The maximum atomic E-state index is 5.12. The molecule has 0 bridgehead atoms. The van der Waals surface area contributed by atoms with Gasteiger partial charge in [-0.2, -0.15) is 9.97 Å². The minimum atomic E-state index is 0.379. The summed E-state index contributed by atoms with van der Waals surface area (Å²) in [5, 5.41) is 7.59. The zero-order valence-electron chi connectivity index (χ0n) is 25.4. The number of fused-ring (bicyclic) bond motifs is 1. The van der Waals surface area contributed by atoms with Crippen LogP contribution in [0.5, 0.6) is 0 Å². The smallest absolute Gasteiger partial charge is 0.227 e. The minimum absolute atomic E-state index is 0.379. The molecule has 3 fully saturated rings. The van der Waals surface area contributed by atoms with Crippen molar-refractivity contribution in [2.45, 2.75) is 89.0 Å². The second-order valence-electron chi connectivity index (χ2n) is 12.9. The molecule has 43 heavy (non-hydrogen) atoms. The second kappa shape index (κ2) is 13.4. The van der Waals surface area contributed by atoms with E-state index in [1.165, 1.54) is 43.2 Å². The molecule has 4 heterocycles. The lowest BCUT2D eigenvalue weighted by Crippen LogP contribution is -2.39. The van der Waals surface area contributed by atoms with E-state index in [9.17, 15) is 0 Å². The average molecular weight is 579 g/mol. The maximum absolute atomic E-state index is 5.12. The van der Waals surface area contributed by atoms with Crippen LogP contribution in [0.4, 0.5) is 11.8 Å². The number of hydrogen-bond acceptors (Lipinski definition) is 7. The molecule has 2 N–H and O–H groups in total. The van der Waals surface area contributed by atoms with Crippen LogP contribution in [0.1, 0.15) is 75.0 Å². The van der Waals surface area contributed by atoms with E-state index >= 15 is 0 Å². The first kappa shape index (κ1) is 28.3. The highest BCUT2D eigenvalue weighted by Crippen LogP contribution is 2.33. The van der Waals surface area contributed by atoms with Gasteiger partial charge < -0.3 is 15.2 Å². The molecule has 7 rings (SSSR count). The molecule has 4 aromatic rings. The van der Waals surface area contributed by atoms with Crippen LogP contribution in [0, 0.1) is 0 Å². The predicted molar refractivity (Wildman–Crippen MR) is 174 cm³/mol. The molecule has 8 heteroatoms. The molecule has 3 aliphatic rings. The summed E-state index contributed by atoms with van der Waals surface area (Å²) in [6, 6.07) is 22.9. The summed E-state index contributed by atoms with van der Waals surface area (Å²) in [6.45, 7) is 6.39. The molecule has 0 unspecified atom stereocenters. The lowest BCUT2D eigenvalue weighted by Gasteiger charge is -2.33. The van der Waals surface area contributed by atoms with Gasteiger partial charge in [-0.25, -0.2) is 4.98 Å². The first-order valence-corrected chi connectivity index (χ1v) is 16.6. The number of nitrogens with zero attached hydrogens (tertiary/aromatic N) is 6. The average Bonchev–Trinajstić information content (AvgIpc) is 3.49. The SMILES string of the molecule is c1ccc(CN2CCC(Nc3nc(NC4CCN(Cc5ccccc5)CC4)c4ncn(C5CCCCC5)c4n3)CC2)cc1. The lowest BCUT2D eigenvalue weighted by molar-refractivity contribution is 0.211. The minimum Gasteiger partial charge on any atom is -0.365 e. The van der Waals surface area contributed by atoms with Crippen molar-refractivity contribution in [1.82, 2.24) is 29.3 Å². The first-order valence-electron chi connectivity index (χ1n) is 16.6. The van der Waals surface area contributed by atoms with Crippen LogP contribution in [0.25, 0.3) is 11.2 Å². The van der Waals surface area contributed by atoms with Gasteiger partial charge in [0.2, 0.25) is 5.95 Å². The van der Waals surface area contributed by atoms with Crippen molar-refractivity contribution in [1.29, 1.82) is 0 Å². The molecule has 0 spiro atoms. The summed E-state index contributed by atoms with van der Waals surface area (Å²) in [4.78, 5) is 20.2. The monoisotopic (exact) mass is 578 g/mol. The Morgan fingerprint density at radius 2 is 1.19 bits per heavy atom. The van der Waals surface area contributed by atoms with Crippen LogP contribution in [0.2, 0.25) is 0 Å². The molecule has 226 valence electrons. The molecule has 1 aliphatic carbocycles. The van der Waals surface area contributed by atoms with Crippen molar-refractivity contribution in [2.24, 2.45) is 0 Å². The van der Waals surface area contributed by atoms with Crippen molar-refractivity contribution in [3.8, 4) is 0 Å². The van der Waals surface area contributed by atoms with E-state index in [4.69, 9.17) is 15.0 Å². The highest BCUT2D eigenvalue weighted by Gasteiger charge is 2.26. The van der Waals surface area contributed by atoms with Crippen molar-refractivity contribution >= 4 is 22.9 Å². The Labute approximate surface area is 255 Å². The summed E-state index contributed by atoms with van der Waals surface area (Å²) in [5.41, 5.74) is 4.68. The molecule has 2 aromatic carbocycles. The third-order valence-electron chi connectivity index (χ3n) is 9.74. The summed E-state index contributed by atoms with van der Waals surface area (Å²) >= 11 is 0. The van der Waals surface area contributed by atoms with Crippen LogP contribution in [-0.4, -0.2) is 67.6 Å². The number of rotatable bonds is 9. The van der Waals surface area contributed by atoms with Crippen molar-refractivity contribution in [3.05, 3.63) is 78.1 Å². The molecule has 1 saturated carbocycles. The fraction of sp³-hybridized carbons (Fsp3) is 0.514. The van der Waals surface area contributed by atoms with E-state index in [1.54, 1.807) is 0 Å². The summed E-state index contributed by atoms with van der Waals surface area (Å²) in [7, 11) is 0. The lowest BCUT2D eigenvalue weighted by atomic mass is 9.95. The van der Waals surface area contributed by atoms with Crippen LogP contribution in [0.3, 0.4) is 0 Å². The highest BCUT2D eigenvalue weighted by molar-refractivity contribution is 5.84. The normalized spacial score (nSPS) is 20.0. The standard InChI is InChI=1S/C35H46N8/c1-4-10-27(11-5-1)24-41-20-16-29(17-21-41)37-33-32-34(43(26-36-32)31-14-8-3-9-15-31)40-35(39-33)38-30-18-22-42(23-19-30)25-28-12-6-2-7-13-28/h1-2,4-7,10-13,26,29-31H,3,8-9,14-25H2,(H2,37,38,39,40). The first-order chi connectivity index (χ1) is 21.3. The van der Waals surface area contributed by atoms with Gasteiger partial charge in [0.15, 0.2) is 17.0 Å². The number of benzene rings is 2. The Hall–Kier alpha value is -3.49. The van der Waals surface area contributed by atoms with Gasteiger partial charge in [0.1, 0.15) is 0 Å². The van der Waals surface area contributed by atoms with Gasteiger partial charge in [0.25, 0.3) is 0 Å². The number of nitrogens with one attached hydrogen (secondary N) is 2. The molecule has 0 radical (unpaired) electrons. The number of hydrogen-bond donors (Lipinski definition) is 2. The van der Waals surface area contributed by atoms with E-state index in [-0.39, 0.29) is 0 Å². The molecule has 2 aromatic heterocycles. The van der Waals surface area contributed by atoms with Gasteiger partial charge in [-0.3, -0.25) is 9.80 Å². The van der Waals surface area contributed by atoms with Crippen LogP contribution < -0.4 is 10.6 Å². The molecule has 0 amide bonds. The van der Waals surface area contributed by atoms with Gasteiger partial charge in [-0.15, -0.1) is 0 Å². The Morgan fingerprint density at radius 3 is 1.77 bits per heavy atom. The fourth-order valence-corrected chi connectivity index (χ4v) is 7.24. The van der Waals surface area contributed by atoms with Gasteiger partial charge in [-0.1, -0.05) is 79.9 Å². The maximum Gasteiger partial charge on any atom is 0.227 e. The number of aromatic nitrogens is 4. The molecular formula is C35H46N8. The van der Waals surface area contributed by atoms with Gasteiger partial charge in [-0.05, 0) is 49.7 Å². The molecule has 2 aliphatic heterocycles. The summed E-state index contributed by atoms with van der Waals surface area (Å²) in [6.07, 6.45) is 12.7. The third kappa shape index (κ3) is 7.02. The third-order valence-corrected chi connectivity index (χ3v) is 9.74. The predicted octanol–water partition coefficient (Wildman–Crippen LogP) is 6.48. The van der Waals surface area contributed by atoms with Crippen molar-refractivity contribution in [3.63, 3.8) is 0 Å². The topological polar surface area (TPSA) is 74.1 Å². The Kier molecular flexibility index (Phi) is 8.84. The Balaban J connectivity index is 1.04. The number of anilines is 2. The largest absolute Gasteiger partial charge is 0.365 e. The summed E-state index contributed by atoms with van der Waals surface area (Å²) < 4.78 is 2.34. The summed E-state index contributed by atoms with van der Waals surface area (Å²) in [5.74, 6) is 1.64. The highest BCUT2D eigenvalue weighted by atomic mass is 15.2. The van der Waals surface area contributed by atoms with E-state index in [0.29, 0.717) is 18.1 Å². The Morgan fingerprint density at radius 1 is 0.628 bits per heavy atom. The van der Waals surface area contributed by atoms with E-state index in [2.05, 4.69) is 85.7 Å². The van der Waals surface area contributed by atoms with Gasteiger partial charge in [0, 0.05) is 57.4 Å². The van der Waals surface area contributed by atoms with E-state index < -0.39 is 0 Å². The van der Waals surface area contributed by atoms with Crippen LogP contribution >= 0.6 is 0 Å². The zero-order valence-corrected chi connectivity index (χ0v) is 25.4. The fourth-order valence-electron chi connectivity index (χ4n) is 7.24. The van der Waals surface area contributed by atoms with E-state index in [1.807, 2.05) is 6.33 Å². The number of likely N-dealkylation sites (tertiary alicyclic amines) is 2. The van der Waals surface area contributed by atoms with Gasteiger partial charge in [0.05, 0.1) is 6.33 Å². The zero-order chi connectivity index (χ0) is 28.8. The van der Waals surface area contributed by atoms with Crippen molar-refractivity contribution < 1.29 is 0 Å². The molecule has 2 saturated heterocycles. The van der Waals surface area contributed by atoms with Crippen LogP contribution in [-0.2, 0) is 13.1 Å².